The smallest absolute Gasteiger partial charge is 0.253 e. The summed E-state index contributed by atoms with van der Waals surface area (Å²) in [6.45, 7) is -0.448. The van der Waals surface area contributed by atoms with E-state index < -0.39 is 37.2 Å². The highest BCUT2D eigenvalue weighted by molar-refractivity contribution is 9.10. The van der Waals surface area contributed by atoms with E-state index >= 15 is 0 Å². The van der Waals surface area contributed by atoms with Crippen molar-refractivity contribution in [3.8, 4) is 0 Å². The molecule has 23 heavy (non-hydrogen) atoms. The zero-order chi connectivity index (χ0) is 16.7. The van der Waals surface area contributed by atoms with Crippen LogP contribution in [0.3, 0.4) is 0 Å². The lowest BCUT2D eigenvalue weighted by Crippen LogP contribution is -2.46. The van der Waals surface area contributed by atoms with Gasteiger partial charge in [-0.15, -0.1) is 0 Å². The van der Waals surface area contributed by atoms with Crippen molar-refractivity contribution >= 4 is 39.2 Å². The van der Waals surface area contributed by atoms with Crippen molar-refractivity contribution in [2.75, 3.05) is 6.61 Å². The van der Waals surface area contributed by atoms with Crippen molar-refractivity contribution in [2.45, 2.75) is 30.6 Å². The first-order valence-corrected chi connectivity index (χ1v) is 8.16. The fraction of sp³-hybridized carbons (Fsp3) is 0.429. The first-order chi connectivity index (χ1) is 11.0. The second-order valence-corrected chi connectivity index (χ2v) is 6.60. The molecule has 124 valence electrons. The minimum absolute atomic E-state index is 0.102. The van der Waals surface area contributed by atoms with Gasteiger partial charge in [0, 0.05) is 4.47 Å². The second-order valence-electron chi connectivity index (χ2n) is 5.35. The molecule has 0 radical (unpaired) electrons. The van der Waals surface area contributed by atoms with Crippen LogP contribution in [0.15, 0.2) is 28.7 Å². The summed E-state index contributed by atoms with van der Waals surface area (Å²) in [5.41, 5.74) is 0.655. The van der Waals surface area contributed by atoms with Crippen LogP contribution < -0.4 is 5.32 Å². The monoisotopic (exact) mass is 402 g/mol. The molecule has 3 rings (SSSR count). The van der Waals surface area contributed by atoms with Crippen LogP contribution in [0, 0.1) is 0 Å². The van der Waals surface area contributed by atoms with Gasteiger partial charge in [0.2, 0.25) is 0 Å². The molecule has 0 saturated carbocycles. The zero-order valence-electron chi connectivity index (χ0n) is 11.8. The van der Waals surface area contributed by atoms with E-state index in [4.69, 9.17) is 17.0 Å². The Kier molecular flexibility index (Phi) is 4.68. The Hall–Kier alpha value is -1.10. The van der Waals surface area contributed by atoms with Crippen LogP contribution >= 0.6 is 28.1 Å². The molecule has 1 aromatic rings. The summed E-state index contributed by atoms with van der Waals surface area (Å²) in [7, 11) is 0. The second kappa shape index (κ2) is 6.42. The number of aliphatic hydroxyl groups is 3. The quantitative estimate of drug-likeness (QED) is 0.512. The van der Waals surface area contributed by atoms with Crippen LogP contribution in [0.1, 0.15) is 11.6 Å². The first-order valence-electron chi connectivity index (χ1n) is 6.95. The number of nitrogens with one attached hydrogen (secondary N) is 1. The number of carbonyl (C=O) groups excluding carboxylic acids is 1. The van der Waals surface area contributed by atoms with Crippen LogP contribution in [-0.4, -0.2) is 62.4 Å². The molecule has 7 nitrogen and oxygen atoms in total. The minimum Gasteiger partial charge on any atom is -0.394 e. The van der Waals surface area contributed by atoms with E-state index in [0.717, 1.165) is 0 Å². The van der Waals surface area contributed by atoms with Crippen LogP contribution in [0.4, 0.5) is 0 Å². The Morgan fingerprint density at radius 1 is 1.30 bits per heavy atom. The highest BCUT2D eigenvalue weighted by atomic mass is 79.9. The summed E-state index contributed by atoms with van der Waals surface area (Å²) in [6, 6.07) is 6.35. The third-order valence-electron chi connectivity index (χ3n) is 3.98. The molecule has 9 heteroatoms. The Balaban J connectivity index is 1.98. The Morgan fingerprint density at radius 2 is 2.00 bits per heavy atom. The molecular weight excluding hydrogens is 388 g/mol. The van der Waals surface area contributed by atoms with Gasteiger partial charge in [-0.25, -0.2) is 0 Å². The molecule has 1 unspecified atom stereocenters. The van der Waals surface area contributed by atoms with Gasteiger partial charge in [-0.1, -0.05) is 34.1 Å². The molecule has 4 N–H and O–H groups in total. The number of thiocarbonyl (C=S) groups is 1. The Labute approximate surface area is 146 Å². The number of nitrogens with zero attached hydrogens (tertiary/aromatic N) is 1. The molecule has 2 saturated heterocycles. The van der Waals surface area contributed by atoms with Crippen molar-refractivity contribution in [3.63, 3.8) is 0 Å². The summed E-state index contributed by atoms with van der Waals surface area (Å²) in [5.74, 6) is -0.348. The maximum atomic E-state index is 12.3. The predicted molar refractivity (Wildman–Crippen MR) is 87.2 cm³/mol. The molecule has 0 bridgehead atoms. The molecule has 2 aliphatic heterocycles. The van der Waals surface area contributed by atoms with Gasteiger partial charge in [-0.3, -0.25) is 4.79 Å². The molecule has 1 amide bonds. The van der Waals surface area contributed by atoms with Crippen LogP contribution in [0.25, 0.3) is 0 Å². The van der Waals surface area contributed by atoms with Crippen molar-refractivity contribution < 1.29 is 24.9 Å². The number of halogens is 1. The first kappa shape index (κ1) is 16.7. The number of aliphatic hydroxyl groups excluding tert-OH is 3. The van der Waals surface area contributed by atoms with Crippen LogP contribution in [0.5, 0.6) is 0 Å². The van der Waals surface area contributed by atoms with Crippen LogP contribution in [0.2, 0.25) is 0 Å². The topological polar surface area (TPSA) is 102 Å². The molecule has 5 atom stereocenters. The Bertz CT molecular complexity index is 645. The van der Waals surface area contributed by atoms with Gasteiger partial charge in [-0.2, -0.15) is 0 Å². The van der Waals surface area contributed by atoms with E-state index in [0.29, 0.717) is 10.0 Å². The number of amides is 1. The summed E-state index contributed by atoms with van der Waals surface area (Å²) in [6.07, 6.45) is -4.54. The lowest BCUT2D eigenvalue weighted by molar-refractivity contribution is -0.126. The lowest BCUT2D eigenvalue weighted by atomic mass is 10.0. The highest BCUT2D eigenvalue weighted by Crippen LogP contribution is 2.36. The van der Waals surface area contributed by atoms with E-state index in [-0.39, 0.29) is 11.0 Å². The summed E-state index contributed by atoms with van der Waals surface area (Å²) < 4.78 is 6.22. The van der Waals surface area contributed by atoms with E-state index in [9.17, 15) is 20.1 Å². The van der Waals surface area contributed by atoms with Gasteiger partial charge in [0.25, 0.3) is 5.91 Å². The fourth-order valence-corrected chi connectivity index (χ4v) is 3.65. The van der Waals surface area contributed by atoms with E-state index in [1.807, 2.05) is 6.07 Å². The number of benzene rings is 1. The molecule has 0 aromatic heterocycles. The number of hydrogen-bond donors (Lipinski definition) is 4. The molecule has 2 aliphatic rings. The van der Waals surface area contributed by atoms with E-state index in [1.165, 1.54) is 4.90 Å². The van der Waals surface area contributed by atoms with E-state index in [2.05, 4.69) is 21.2 Å². The average Bonchev–Trinajstić information content (AvgIpc) is 2.97. The van der Waals surface area contributed by atoms with Crippen LogP contribution in [-0.2, 0) is 9.53 Å². The number of carbonyl (C=O) groups is 1. The minimum atomic E-state index is -1.30. The van der Waals surface area contributed by atoms with Crippen molar-refractivity contribution in [1.29, 1.82) is 0 Å². The predicted octanol–water partition coefficient (Wildman–Crippen LogP) is -0.354. The number of ether oxygens (including phenoxy) is 1. The normalized spacial score (nSPS) is 34.1. The van der Waals surface area contributed by atoms with Crippen molar-refractivity contribution in [3.05, 3.63) is 34.3 Å². The van der Waals surface area contributed by atoms with Crippen molar-refractivity contribution in [1.82, 2.24) is 10.2 Å². The van der Waals surface area contributed by atoms with Gasteiger partial charge in [0.05, 0.1) is 6.61 Å². The number of rotatable bonds is 3. The summed E-state index contributed by atoms with van der Waals surface area (Å²) in [4.78, 5) is 13.8. The largest absolute Gasteiger partial charge is 0.394 e. The maximum absolute atomic E-state index is 12.3. The fourth-order valence-electron chi connectivity index (χ4n) is 2.84. The van der Waals surface area contributed by atoms with Gasteiger partial charge in [0.1, 0.15) is 24.4 Å². The van der Waals surface area contributed by atoms with Crippen molar-refractivity contribution in [2.24, 2.45) is 0 Å². The molecule has 2 heterocycles. The number of hydrogen-bond acceptors (Lipinski definition) is 6. The van der Waals surface area contributed by atoms with Gasteiger partial charge in [0.15, 0.2) is 11.3 Å². The maximum Gasteiger partial charge on any atom is 0.253 e. The van der Waals surface area contributed by atoms with E-state index in [1.54, 1.807) is 18.2 Å². The standard InChI is InChI=1S/C14H15BrN2O5S/c15-7-4-2-1-3-6(7)9-12(21)16-14(23)17(9)13-11(20)10(19)8(5-18)22-13/h1-4,8-11,13,18-20H,5H2,(H,16,21,23)/t8-,9?,10-,11-,13-/m1/s1. The molecule has 1 aromatic carbocycles. The lowest BCUT2D eigenvalue weighted by Gasteiger charge is -2.31. The highest BCUT2D eigenvalue weighted by Gasteiger charge is 2.51. The Morgan fingerprint density at radius 3 is 2.61 bits per heavy atom. The molecule has 0 spiro atoms. The summed E-state index contributed by atoms with van der Waals surface area (Å²) in [5, 5.41) is 32.0. The van der Waals surface area contributed by atoms with Gasteiger partial charge >= 0.3 is 0 Å². The summed E-state index contributed by atoms with van der Waals surface area (Å²) >= 11 is 8.58. The van der Waals surface area contributed by atoms with Gasteiger partial charge < -0.3 is 30.3 Å². The zero-order valence-corrected chi connectivity index (χ0v) is 14.2. The molecular formula is C14H15BrN2O5S. The third kappa shape index (κ3) is 2.77. The molecule has 2 fully saturated rings. The van der Waals surface area contributed by atoms with Gasteiger partial charge in [-0.05, 0) is 23.8 Å². The third-order valence-corrected chi connectivity index (χ3v) is 5.02. The average molecular weight is 403 g/mol. The molecule has 0 aliphatic carbocycles. The SMILES string of the molecule is O=C1NC(=S)N([C@@H]2O[C@H](CO)[C@@H](O)[C@H]2O)C1c1ccccc1Br.